The second kappa shape index (κ2) is 5.51. The first-order valence-electron chi connectivity index (χ1n) is 5.47. The maximum Gasteiger partial charge on any atom is 0.445 e. The molecule has 0 aliphatic heterocycles. The number of rotatable bonds is 3. The van der Waals surface area contributed by atoms with Crippen LogP contribution < -0.4 is 5.32 Å². The topological polar surface area (TPSA) is 37.8 Å². The van der Waals surface area contributed by atoms with Gasteiger partial charge in [0.1, 0.15) is 0 Å². The van der Waals surface area contributed by atoms with Crippen molar-refractivity contribution in [2.45, 2.75) is 18.9 Å². The molecule has 1 aromatic carbocycles. The van der Waals surface area contributed by atoms with Crippen LogP contribution in [0.15, 0.2) is 24.3 Å². The van der Waals surface area contributed by atoms with Gasteiger partial charge in [0.05, 0.1) is 5.56 Å². The van der Waals surface area contributed by atoms with E-state index >= 15 is 0 Å². The van der Waals surface area contributed by atoms with E-state index in [9.17, 15) is 26.3 Å². The Bertz CT molecular complexity index is 619. The Balaban J connectivity index is 2.05. The van der Waals surface area contributed by atoms with E-state index in [1.165, 1.54) is 12.1 Å². The molecule has 1 aromatic heterocycles. The minimum Gasteiger partial charge on any atom is -0.356 e. The summed E-state index contributed by atoms with van der Waals surface area (Å²) >= 11 is 0.288. The van der Waals surface area contributed by atoms with Gasteiger partial charge in [-0.25, -0.2) is 0 Å². The number of hydrogen-bond donors (Lipinski definition) is 1. The summed E-state index contributed by atoms with van der Waals surface area (Å²) in [6.45, 7) is -0.0869. The summed E-state index contributed by atoms with van der Waals surface area (Å²) in [7, 11) is 0. The van der Waals surface area contributed by atoms with E-state index in [2.05, 4.69) is 15.5 Å². The molecule has 0 aliphatic rings. The molecule has 2 aromatic rings. The van der Waals surface area contributed by atoms with Crippen molar-refractivity contribution in [1.82, 2.24) is 10.2 Å². The van der Waals surface area contributed by atoms with Gasteiger partial charge in [-0.15, -0.1) is 10.2 Å². The van der Waals surface area contributed by atoms with Gasteiger partial charge in [0.15, 0.2) is 0 Å². The lowest BCUT2D eigenvalue weighted by molar-refractivity contribution is -0.138. The highest BCUT2D eigenvalue weighted by Crippen LogP contribution is 2.33. The number of halogens is 6. The normalized spacial score (nSPS) is 12.5. The van der Waals surface area contributed by atoms with Crippen molar-refractivity contribution < 1.29 is 26.3 Å². The summed E-state index contributed by atoms with van der Waals surface area (Å²) in [5, 5.41) is 7.52. The van der Waals surface area contributed by atoms with E-state index < -0.39 is 22.9 Å². The monoisotopic (exact) mass is 327 g/mol. The second-order valence-corrected chi connectivity index (χ2v) is 4.94. The summed E-state index contributed by atoms with van der Waals surface area (Å²) < 4.78 is 74.4. The van der Waals surface area contributed by atoms with Gasteiger partial charge < -0.3 is 5.32 Å². The number of hydrogen-bond acceptors (Lipinski definition) is 4. The molecule has 21 heavy (non-hydrogen) atoms. The molecule has 114 valence electrons. The van der Waals surface area contributed by atoms with Crippen molar-refractivity contribution in [2.75, 3.05) is 5.32 Å². The lowest BCUT2D eigenvalue weighted by Crippen LogP contribution is -2.06. The number of nitrogens with one attached hydrogen (secondary N) is 1. The van der Waals surface area contributed by atoms with Crippen molar-refractivity contribution in [3.8, 4) is 0 Å². The molecule has 0 amide bonds. The first-order chi connectivity index (χ1) is 9.66. The number of anilines is 1. The quantitative estimate of drug-likeness (QED) is 0.859. The molecule has 10 heteroatoms. The molecule has 1 heterocycles. The fourth-order valence-electron chi connectivity index (χ4n) is 1.44. The third-order valence-corrected chi connectivity index (χ3v) is 3.29. The minimum atomic E-state index is -4.59. The largest absolute Gasteiger partial charge is 0.445 e. The van der Waals surface area contributed by atoms with Crippen molar-refractivity contribution in [3.05, 3.63) is 40.4 Å². The Hall–Kier alpha value is -1.84. The molecule has 0 atom stereocenters. The molecule has 0 bridgehead atoms. The van der Waals surface area contributed by atoms with Crippen LogP contribution in [0.2, 0.25) is 0 Å². The van der Waals surface area contributed by atoms with E-state index in [0.29, 0.717) is 0 Å². The van der Waals surface area contributed by atoms with Gasteiger partial charge in [0, 0.05) is 6.54 Å². The minimum absolute atomic E-state index is 0.0869. The van der Waals surface area contributed by atoms with Gasteiger partial charge in [-0.1, -0.05) is 23.5 Å². The number of nitrogens with zero attached hydrogens (tertiary/aromatic N) is 2. The molecule has 3 nitrogen and oxygen atoms in total. The van der Waals surface area contributed by atoms with Crippen molar-refractivity contribution >= 4 is 16.5 Å². The zero-order valence-corrected chi connectivity index (χ0v) is 10.9. The standard InChI is InChI=1S/C11H7F6N3S/c12-10(13,14)7-3-1-2-6(4-7)5-18-9-20-19-8(21-9)11(15,16)17/h1-4H,5H2,(H,18,20). The second-order valence-electron chi connectivity index (χ2n) is 3.96. The highest BCUT2D eigenvalue weighted by molar-refractivity contribution is 7.15. The van der Waals surface area contributed by atoms with Crippen LogP contribution in [-0.4, -0.2) is 10.2 Å². The molecular formula is C11H7F6N3S. The highest BCUT2D eigenvalue weighted by Gasteiger charge is 2.35. The lowest BCUT2D eigenvalue weighted by atomic mass is 10.1. The van der Waals surface area contributed by atoms with E-state index in [4.69, 9.17) is 0 Å². The van der Waals surface area contributed by atoms with E-state index in [0.717, 1.165) is 12.1 Å². The van der Waals surface area contributed by atoms with E-state index in [1.807, 2.05) is 0 Å². The fraction of sp³-hybridized carbons (Fsp3) is 0.273. The van der Waals surface area contributed by atoms with Gasteiger partial charge in [0.2, 0.25) is 10.1 Å². The van der Waals surface area contributed by atoms with Gasteiger partial charge in [-0.05, 0) is 17.7 Å². The summed E-state index contributed by atoms with van der Waals surface area (Å²) in [5.74, 6) is 0. The number of alkyl halides is 6. The zero-order valence-electron chi connectivity index (χ0n) is 10.1. The van der Waals surface area contributed by atoms with Gasteiger partial charge in [-0.2, -0.15) is 26.3 Å². The number of benzene rings is 1. The highest BCUT2D eigenvalue weighted by atomic mass is 32.1. The van der Waals surface area contributed by atoms with Gasteiger partial charge in [-0.3, -0.25) is 0 Å². The summed E-state index contributed by atoms with van der Waals surface area (Å²) in [4.78, 5) is 0. The summed E-state index contributed by atoms with van der Waals surface area (Å²) in [6, 6.07) is 4.48. The van der Waals surface area contributed by atoms with Crippen LogP contribution in [-0.2, 0) is 18.9 Å². The summed E-state index contributed by atoms with van der Waals surface area (Å²) in [5.41, 5.74) is -0.552. The van der Waals surface area contributed by atoms with Crippen LogP contribution >= 0.6 is 11.3 Å². The van der Waals surface area contributed by atoms with Crippen LogP contribution in [0.1, 0.15) is 16.1 Å². The SMILES string of the molecule is FC(F)(F)c1cccc(CNc2nnc(C(F)(F)F)s2)c1. The Morgan fingerprint density at radius 1 is 1.00 bits per heavy atom. The third-order valence-electron chi connectivity index (χ3n) is 2.37. The molecule has 0 unspecified atom stereocenters. The maximum atomic E-state index is 12.5. The van der Waals surface area contributed by atoms with Crippen molar-refractivity contribution in [3.63, 3.8) is 0 Å². The molecule has 0 saturated carbocycles. The van der Waals surface area contributed by atoms with Gasteiger partial charge >= 0.3 is 12.4 Å². The first kappa shape index (κ1) is 15.5. The van der Waals surface area contributed by atoms with E-state index in [1.54, 1.807) is 0 Å². The molecular weight excluding hydrogens is 320 g/mol. The first-order valence-corrected chi connectivity index (χ1v) is 6.28. The lowest BCUT2D eigenvalue weighted by Gasteiger charge is -2.08. The smallest absolute Gasteiger partial charge is 0.356 e. The van der Waals surface area contributed by atoms with Crippen molar-refractivity contribution in [1.29, 1.82) is 0 Å². The third kappa shape index (κ3) is 4.06. The number of aromatic nitrogens is 2. The molecule has 1 N–H and O–H groups in total. The van der Waals surface area contributed by atoms with Crippen LogP contribution in [0.3, 0.4) is 0 Å². The Morgan fingerprint density at radius 2 is 1.71 bits per heavy atom. The Morgan fingerprint density at radius 3 is 2.29 bits per heavy atom. The van der Waals surface area contributed by atoms with Crippen LogP contribution in [0.25, 0.3) is 0 Å². The summed E-state index contributed by atoms with van der Waals surface area (Å²) in [6.07, 6.45) is -9.06. The van der Waals surface area contributed by atoms with Gasteiger partial charge in [0.25, 0.3) is 0 Å². The van der Waals surface area contributed by atoms with Crippen LogP contribution in [0.4, 0.5) is 31.5 Å². The van der Waals surface area contributed by atoms with Crippen LogP contribution in [0, 0.1) is 0 Å². The fourth-order valence-corrected chi connectivity index (χ4v) is 2.05. The van der Waals surface area contributed by atoms with E-state index in [-0.39, 0.29) is 28.6 Å². The average Bonchev–Trinajstić information content (AvgIpc) is 2.84. The zero-order chi connectivity index (χ0) is 15.7. The Labute approximate surface area is 118 Å². The molecule has 0 radical (unpaired) electrons. The maximum absolute atomic E-state index is 12.5. The predicted octanol–water partition coefficient (Wildman–Crippen LogP) is 4.19. The Kier molecular flexibility index (Phi) is 4.08. The van der Waals surface area contributed by atoms with Crippen LogP contribution in [0.5, 0.6) is 0 Å². The molecule has 2 rings (SSSR count). The van der Waals surface area contributed by atoms with Crippen molar-refractivity contribution in [2.24, 2.45) is 0 Å². The predicted molar refractivity (Wildman–Crippen MR) is 63.7 cm³/mol. The molecule has 0 saturated heterocycles. The molecule has 0 fully saturated rings. The molecule has 0 aliphatic carbocycles. The molecule has 0 spiro atoms. The average molecular weight is 327 g/mol.